The Kier molecular flexibility index (Phi) is 9.86. The number of rotatable bonds is 11. The number of nitrogens with zero attached hydrogens (tertiary/aromatic N) is 1. The van der Waals surface area contributed by atoms with Crippen LogP contribution in [0.3, 0.4) is 0 Å². The molecule has 0 radical (unpaired) electrons. The Balaban J connectivity index is 4.79. The molecule has 0 fully saturated rings. The smallest absolute Gasteiger partial charge is 0.327 e. The third-order valence-corrected chi connectivity index (χ3v) is 3.95. The number of hydrogen-bond donors (Lipinski definition) is 1. The SMILES string of the molecule is CCNC(C)(CN(CC)CC(CC)CC)C(=O)OCC. The van der Waals surface area contributed by atoms with E-state index in [1.807, 2.05) is 20.8 Å². The van der Waals surface area contributed by atoms with Crippen molar-refractivity contribution in [1.82, 2.24) is 10.2 Å². The van der Waals surface area contributed by atoms with Gasteiger partial charge in [-0.2, -0.15) is 0 Å². The van der Waals surface area contributed by atoms with Crippen molar-refractivity contribution in [2.45, 2.75) is 59.9 Å². The van der Waals surface area contributed by atoms with Crippen LogP contribution in [0.15, 0.2) is 0 Å². The average molecular weight is 286 g/mol. The molecule has 0 aromatic rings. The van der Waals surface area contributed by atoms with Gasteiger partial charge < -0.3 is 15.0 Å². The van der Waals surface area contributed by atoms with E-state index in [0.29, 0.717) is 19.1 Å². The highest BCUT2D eigenvalue weighted by Crippen LogP contribution is 2.14. The molecule has 1 N–H and O–H groups in total. The molecule has 0 aliphatic rings. The molecule has 120 valence electrons. The van der Waals surface area contributed by atoms with E-state index in [9.17, 15) is 4.79 Å². The van der Waals surface area contributed by atoms with Gasteiger partial charge >= 0.3 is 5.97 Å². The van der Waals surface area contributed by atoms with E-state index in [0.717, 1.165) is 19.6 Å². The summed E-state index contributed by atoms with van der Waals surface area (Å²) in [5.74, 6) is 0.549. The quantitative estimate of drug-likeness (QED) is 0.593. The van der Waals surface area contributed by atoms with Crippen molar-refractivity contribution in [1.29, 1.82) is 0 Å². The highest BCUT2D eigenvalue weighted by atomic mass is 16.5. The second-order valence-corrected chi connectivity index (χ2v) is 5.59. The van der Waals surface area contributed by atoms with Crippen LogP contribution in [0.1, 0.15) is 54.4 Å². The molecule has 0 rings (SSSR count). The summed E-state index contributed by atoms with van der Waals surface area (Å²) in [6.07, 6.45) is 2.37. The first-order valence-corrected chi connectivity index (χ1v) is 8.11. The van der Waals surface area contributed by atoms with E-state index < -0.39 is 5.54 Å². The zero-order valence-electron chi connectivity index (χ0n) is 14.3. The third-order valence-electron chi connectivity index (χ3n) is 3.95. The first-order valence-electron chi connectivity index (χ1n) is 8.11. The number of carbonyl (C=O) groups excluding carboxylic acids is 1. The molecule has 4 heteroatoms. The lowest BCUT2D eigenvalue weighted by Crippen LogP contribution is -2.58. The minimum absolute atomic E-state index is 0.148. The van der Waals surface area contributed by atoms with Gasteiger partial charge in [0.25, 0.3) is 0 Å². The molecular weight excluding hydrogens is 252 g/mol. The largest absolute Gasteiger partial charge is 0.465 e. The number of carbonyl (C=O) groups is 1. The van der Waals surface area contributed by atoms with Gasteiger partial charge in [0.05, 0.1) is 6.61 Å². The number of esters is 1. The summed E-state index contributed by atoms with van der Waals surface area (Å²) in [5.41, 5.74) is -0.618. The van der Waals surface area contributed by atoms with Crippen molar-refractivity contribution in [2.75, 3.05) is 32.8 Å². The maximum Gasteiger partial charge on any atom is 0.327 e. The summed E-state index contributed by atoms with van der Waals surface area (Å²) < 4.78 is 5.23. The molecule has 0 aliphatic heterocycles. The van der Waals surface area contributed by atoms with Crippen LogP contribution in [-0.4, -0.2) is 49.2 Å². The Labute approximate surface area is 125 Å². The van der Waals surface area contributed by atoms with Crippen LogP contribution in [0, 0.1) is 5.92 Å². The Morgan fingerprint density at radius 2 is 1.80 bits per heavy atom. The van der Waals surface area contributed by atoms with E-state index in [2.05, 4.69) is 31.0 Å². The van der Waals surface area contributed by atoms with Crippen molar-refractivity contribution >= 4 is 5.97 Å². The fraction of sp³-hybridized carbons (Fsp3) is 0.938. The Morgan fingerprint density at radius 3 is 2.20 bits per heavy atom. The van der Waals surface area contributed by atoms with Crippen LogP contribution >= 0.6 is 0 Å². The first-order chi connectivity index (χ1) is 9.47. The summed E-state index contributed by atoms with van der Waals surface area (Å²) in [5, 5.41) is 3.30. The highest BCUT2D eigenvalue weighted by molar-refractivity contribution is 5.80. The van der Waals surface area contributed by atoms with Crippen molar-refractivity contribution in [3.05, 3.63) is 0 Å². The van der Waals surface area contributed by atoms with Crippen molar-refractivity contribution in [3.8, 4) is 0 Å². The standard InChI is InChI=1S/C16H34N2O2/c1-7-14(8-2)12-18(10-4)13-16(6,17-9-3)15(19)20-11-5/h14,17H,7-13H2,1-6H3. The molecule has 4 nitrogen and oxygen atoms in total. The highest BCUT2D eigenvalue weighted by Gasteiger charge is 2.35. The Hall–Kier alpha value is -0.610. The Bertz CT molecular complexity index is 267. The fourth-order valence-electron chi connectivity index (χ4n) is 2.54. The van der Waals surface area contributed by atoms with Gasteiger partial charge in [-0.05, 0) is 32.9 Å². The van der Waals surface area contributed by atoms with Crippen molar-refractivity contribution in [3.63, 3.8) is 0 Å². The van der Waals surface area contributed by atoms with Crippen molar-refractivity contribution < 1.29 is 9.53 Å². The molecule has 0 amide bonds. The molecule has 0 saturated heterocycles. The zero-order valence-corrected chi connectivity index (χ0v) is 14.3. The molecule has 0 bridgehead atoms. The maximum atomic E-state index is 12.2. The molecule has 1 atom stereocenters. The van der Waals surface area contributed by atoms with Gasteiger partial charge in [0.2, 0.25) is 0 Å². The van der Waals surface area contributed by atoms with Gasteiger partial charge in [0, 0.05) is 13.1 Å². The molecule has 1 unspecified atom stereocenters. The third kappa shape index (κ3) is 6.23. The minimum atomic E-state index is -0.618. The molecule has 20 heavy (non-hydrogen) atoms. The average Bonchev–Trinajstić information content (AvgIpc) is 2.43. The van der Waals surface area contributed by atoms with E-state index >= 15 is 0 Å². The van der Waals surface area contributed by atoms with Gasteiger partial charge in [-0.1, -0.05) is 40.5 Å². The van der Waals surface area contributed by atoms with Crippen LogP contribution in [0.5, 0.6) is 0 Å². The molecule has 0 aromatic carbocycles. The number of likely N-dealkylation sites (N-methyl/N-ethyl adjacent to an activating group) is 2. The molecule has 0 aliphatic carbocycles. The second-order valence-electron chi connectivity index (χ2n) is 5.59. The zero-order chi connectivity index (χ0) is 15.6. The predicted molar refractivity (Wildman–Crippen MR) is 84.9 cm³/mol. The van der Waals surface area contributed by atoms with E-state index in [1.54, 1.807) is 0 Å². The lowest BCUT2D eigenvalue weighted by Gasteiger charge is -2.35. The summed E-state index contributed by atoms with van der Waals surface area (Å²) in [4.78, 5) is 14.6. The van der Waals surface area contributed by atoms with Gasteiger partial charge in [-0.25, -0.2) is 0 Å². The Morgan fingerprint density at radius 1 is 1.20 bits per heavy atom. The topological polar surface area (TPSA) is 41.6 Å². The van der Waals surface area contributed by atoms with Crippen LogP contribution in [0.25, 0.3) is 0 Å². The van der Waals surface area contributed by atoms with Crippen molar-refractivity contribution in [2.24, 2.45) is 5.92 Å². The fourth-order valence-corrected chi connectivity index (χ4v) is 2.54. The van der Waals surface area contributed by atoms with Gasteiger partial charge in [-0.15, -0.1) is 0 Å². The van der Waals surface area contributed by atoms with Crippen LogP contribution in [-0.2, 0) is 9.53 Å². The predicted octanol–water partition coefficient (Wildman–Crippen LogP) is 2.68. The van der Waals surface area contributed by atoms with Gasteiger partial charge in [-0.3, -0.25) is 4.79 Å². The molecular formula is C16H34N2O2. The minimum Gasteiger partial charge on any atom is -0.465 e. The number of hydrogen-bond acceptors (Lipinski definition) is 4. The van der Waals surface area contributed by atoms with Gasteiger partial charge in [0.15, 0.2) is 0 Å². The summed E-state index contributed by atoms with van der Waals surface area (Å²) in [7, 11) is 0. The van der Waals surface area contributed by atoms with E-state index in [4.69, 9.17) is 4.74 Å². The normalized spacial score (nSPS) is 14.6. The van der Waals surface area contributed by atoms with Crippen LogP contribution in [0.4, 0.5) is 0 Å². The van der Waals surface area contributed by atoms with Crippen LogP contribution in [0.2, 0.25) is 0 Å². The van der Waals surface area contributed by atoms with E-state index in [-0.39, 0.29) is 5.97 Å². The summed E-state index contributed by atoms with van der Waals surface area (Å²) in [6.45, 7) is 16.3. The summed E-state index contributed by atoms with van der Waals surface area (Å²) in [6, 6.07) is 0. The van der Waals surface area contributed by atoms with Crippen LogP contribution < -0.4 is 5.32 Å². The monoisotopic (exact) mass is 286 g/mol. The van der Waals surface area contributed by atoms with E-state index in [1.165, 1.54) is 12.8 Å². The maximum absolute atomic E-state index is 12.2. The first kappa shape index (κ1) is 19.4. The lowest BCUT2D eigenvalue weighted by molar-refractivity contribution is -0.151. The molecule has 0 aromatic heterocycles. The lowest BCUT2D eigenvalue weighted by atomic mass is 9.98. The number of nitrogens with one attached hydrogen (secondary N) is 1. The molecule has 0 heterocycles. The molecule has 0 spiro atoms. The summed E-state index contributed by atoms with van der Waals surface area (Å²) >= 11 is 0. The second kappa shape index (κ2) is 10.2. The molecule has 0 saturated carbocycles. The van der Waals surface area contributed by atoms with Gasteiger partial charge in [0.1, 0.15) is 5.54 Å². The number of ether oxygens (including phenoxy) is 1.